The van der Waals surface area contributed by atoms with Crippen molar-refractivity contribution in [2.45, 2.75) is 6.92 Å². The van der Waals surface area contributed by atoms with Crippen molar-refractivity contribution in [1.82, 2.24) is 0 Å². The van der Waals surface area contributed by atoms with E-state index in [0.29, 0.717) is 0 Å². The number of halogens is 2. The van der Waals surface area contributed by atoms with Crippen LogP contribution in [0, 0.1) is 13.9 Å². The van der Waals surface area contributed by atoms with E-state index in [1.807, 2.05) is 0 Å². The molecule has 0 aliphatic rings. The minimum absolute atomic E-state index is 1.00. The van der Waals surface area contributed by atoms with Crippen LogP contribution >= 0.6 is 0 Å². The number of rotatable bonds is 0. The fourth-order valence-electron chi connectivity index (χ4n) is 0. The van der Waals surface area contributed by atoms with E-state index in [2.05, 4.69) is 6.92 Å². The lowest BCUT2D eigenvalue weighted by Crippen LogP contribution is -1.17. The lowest BCUT2D eigenvalue weighted by atomic mass is 11.0. The van der Waals surface area contributed by atoms with Gasteiger partial charge < -0.3 is 0 Å². The van der Waals surface area contributed by atoms with E-state index in [0.717, 1.165) is 0 Å². The van der Waals surface area contributed by atoms with Gasteiger partial charge in [-0.2, -0.15) is 0 Å². The molecule has 0 aromatic rings. The maximum Gasteiger partial charge on any atom is 0.298 e. The molecule has 0 amide bonds. The predicted octanol–water partition coefficient (Wildman–Crippen LogP) is 1.89. The van der Waals surface area contributed by atoms with Crippen molar-refractivity contribution >= 4 is 0 Å². The molecule has 5 heavy (non-hydrogen) atoms. The molecule has 0 heterocycles. The Labute approximate surface area is 30.8 Å². The van der Waals surface area contributed by atoms with Gasteiger partial charge >= 0.3 is 0 Å². The average Bonchev–Trinajstić information content (AvgIpc) is 1.46. The lowest BCUT2D eigenvalue weighted by molar-refractivity contribution is 0.404. The third kappa shape index (κ3) is 681. The van der Waals surface area contributed by atoms with Gasteiger partial charge in [-0.05, 0) is 0 Å². The summed E-state index contributed by atoms with van der Waals surface area (Å²) in [6.07, 6.45) is 0. The van der Waals surface area contributed by atoms with Gasteiger partial charge in [0.05, 0.1) is 0 Å². The van der Waals surface area contributed by atoms with Crippen molar-refractivity contribution in [3.05, 3.63) is 13.9 Å². The van der Waals surface area contributed by atoms with E-state index >= 15 is 0 Å². The van der Waals surface area contributed by atoms with Crippen molar-refractivity contribution in [2.24, 2.45) is 0 Å². The van der Waals surface area contributed by atoms with Crippen LogP contribution in [0.5, 0.6) is 0 Å². The van der Waals surface area contributed by atoms with Gasteiger partial charge in [-0.3, -0.25) is 0 Å². The molecular formula is C3H6F2. The number of hydrogen-bond acceptors (Lipinski definition) is 0. The zero-order valence-electron chi connectivity index (χ0n) is 3.04. The summed E-state index contributed by atoms with van der Waals surface area (Å²) >= 11 is 0. The van der Waals surface area contributed by atoms with Gasteiger partial charge in [-0.25, -0.2) is 8.78 Å². The van der Waals surface area contributed by atoms with Crippen LogP contribution in [0.25, 0.3) is 0 Å². The van der Waals surface area contributed by atoms with Crippen molar-refractivity contribution in [3.63, 3.8) is 0 Å². The van der Waals surface area contributed by atoms with Crippen LogP contribution in [0.3, 0.4) is 0 Å². The summed E-state index contributed by atoms with van der Waals surface area (Å²) in [5, 5.41) is 0. The molecule has 0 aliphatic heterocycles. The molecule has 0 spiro atoms. The first-order valence-corrected chi connectivity index (χ1v) is 1.14. The van der Waals surface area contributed by atoms with Gasteiger partial charge in [0, 0.05) is 0 Å². The van der Waals surface area contributed by atoms with Crippen molar-refractivity contribution in [1.29, 1.82) is 0 Å². The van der Waals surface area contributed by atoms with Gasteiger partial charge in [0.15, 0.2) is 0 Å². The van der Waals surface area contributed by atoms with Crippen LogP contribution in [-0.2, 0) is 0 Å². The van der Waals surface area contributed by atoms with Crippen molar-refractivity contribution < 1.29 is 8.78 Å². The highest BCUT2D eigenvalue weighted by molar-refractivity contribution is 3.95. The highest BCUT2D eigenvalue weighted by Gasteiger charge is 1.48. The number of hydrogen-bond donors (Lipinski definition) is 0. The van der Waals surface area contributed by atoms with Crippen LogP contribution in [0.1, 0.15) is 6.92 Å². The van der Waals surface area contributed by atoms with Gasteiger partial charge in [0.1, 0.15) is 0 Å². The fraction of sp³-hybridized carbons (Fsp3) is 0.333. The molecule has 0 unspecified atom stereocenters. The van der Waals surface area contributed by atoms with Gasteiger partial charge in [0.25, 0.3) is 6.93 Å². The van der Waals surface area contributed by atoms with Crippen LogP contribution in [0.2, 0.25) is 0 Å². The Morgan fingerprint density at radius 2 is 1.40 bits per heavy atom. The summed E-state index contributed by atoms with van der Waals surface area (Å²) in [4.78, 5) is 0. The van der Waals surface area contributed by atoms with Gasteiger partial charge in [-0.15, -0.1) is 0 Å². The third-order valence-corrected chi connectivity index (χ3v) is 0. The van der Waals surface area contributed by atoms with Crippen molar-refractivity contribution in [3.8, 4) is 0 Å². The lowest BCUT2D eigenvalue weighted by Gasteiger charge is -1.39. The molecular weight excluding hydrogens is 74.0 g/mol. The van der Waals surface area contributed by atoms with Gasteiger partial charge in [0.2, 0.25) is 0 Å². The second-order valence-corrected chi connectivity index (χ2v) is 0.0825. The zero-order chi connectivity index (χ0) is 4.71. The van der Waals surface area contributed by atoms with E-state index in [1.165, 1.54) is 0 Å². The van der Waals surface area contributed by atoms with E-state index in [1.54, 1.807) is 6.92 Å². The normalized spacial score (nSPS) is 4.80. The molecule has 0 aromatic carbocycles. The summed E-state index contributed by atoms with van der Waals surface area (Å²) in [6.45, 7) is 4.00. The molecule has 0 atom stereocenters. The topological polar surface area (TPSA) is 0 Å². The Bertz CT molecular complexity index is 4.85. The molecule has 0 bridgehead atoms. The quantitative estimate of drug-likeness (QED) is 0.416. The molecule has 0 nitrogen and oxygen atoms in total. The molecule has 0 aliphatic carbocycles. The molecule has 0 fully saturated rings. The van der Waals surface area contributed by atoms with Crippen LogP contribution in [0.15, 0.2) is 0 Å². The Morgan fingerprint density at radius 3 is 1.40 bits per heavy atom. The summed E-state index contributed by atoms with van der Waals surface area (Å²) in [7, 11) is 0. The molecule has 0 rings (SSSR count). The van der Waals surface area contributed by atoms with Crippen molar-refractivity contribution in [2.75, 3.05) is 0 Å². The highest BCUT2D eigenvalue weighted by atomic mass is 19.3. The maximum atomic E-state index is 9.50. The van der Waals surface area contributed by atoms with E-state index < -0.39 is 6.93 Å². The molecule has 32 valence electrons. The largest absolute Gasteiger partial charge is 0.298 e. The molecule has 0 saturated carbocycles. The maximum absolute atomic E-state index is 9.50. The molecule has 0 aromatic heterocycles. The Kier molecular flexibility index (Phi) is 75.6. The van der Waals surface area contributed by atoms with Crippen LogP contribution in [0.4, 0.5) is 8.78 Å². The Morgan fingerprint density at radius 1 is 1.40 bits per heavy atom. The summed E-state index contributed by atoms with van der Waals surface area (Å²) < 4.78 is 19.0. The molecule has 2 heteroatoms. The summed E-state index contributed by atoms with van der Waals surface area (Å²) in [5.41, 5.74) is 0. The Hall–Kier alpha value is -0.140. The second kappa shape index (κ2) is 42.7. The second-order valence-electron chi connectivity index (χ2n) is 0.0825. The molecule has 2 radical (unpaired) electrons. The monoisotopic (exact) mass is 80.0 g/mol. The molecule has 0 saturated heterocycles. The van der Waals surface area contributed by atoms with E-state index in [4.69, 9.17) is 0 Å². The standard InChI is InChI=1S/C2H5.CHF2/c1-2;2-1-3/h1H2,2H3;1H. The smallest absolute Gasteiger partial charge is 0.204 e. The predicted molar refractivity (Wildman–Crippen MR) is 17.5 cm³/mol. The highest BCUT2D eigenvalue weighted by Crippen LogP contribution is 1.68. The zero-order valence-corrected chi connectivity index (χ0v) is 3.04. The van der Waals surface area contributed by atoms with Gasteiger partial charge in [-0.1, -0.05) is 13.8 Å². The Balaban J connectivity index is 0. The fourth-order valence-corrected chi connectivity index (χ4v) is 0. The molecule has 0 N–H and O–H groups in total. The average molecular weight is 80.1 g/mol. The third-order valence-electron chi connectivity index (χ3n) is 0. The first-order chi connectivity index (χ1) is 2.41. The summed E-state index contributed by atoms with van der Waals surface area (Å²) in [5.74, 6) is 0. The first-order valence-electron chi connectivity index (χ1n) is 1.14. The van der Waals surface area contributed by atoms with Crippen LogP contribution < -0.4 is 0 Å². The van der Waals surface area contributed by atoms with Crippen LogP contribution in [-0.4, -0.2) is 0 Å². The minimum atomic E-state index is -1.00. The first kappa shape index (κ1) is 8.85. The minimum Gasteiger partial charge on any atom is -0.204 e. The SMILES string of the molecule is F[CH]F.[CH2]C. The summed E-state index contributed by atoms with van der Waals surface area (Å²) in [6, 6.07) is 0. The van der Waals surface area contributed by atoms with E-state index in [9.17, 15) is 8.78 Å². The van der Waals surface area contributed by atoms with E-state index in [-0.39, 0.29) is 0 Å².